The van der Waals surface area contributed by atoms with Crippen molar-refractivity contribution in [1.82, 2.24) is 14.7 Å². The summed E-state index contributed by atoms with van der Waals surface area (Å²) in [7, 11) is 1.37. The number of imidazole rings is 1. The van der Waals surface area contributed by atoms with Crippen LogP contribution in [0.25, 0.3) is 16.9 Å². The summed E-state index contributed by atoms with van der Waals surface area (Å²) in [6, 6.07) is 6.56. The fourth-order valence-electron chi connectivity index (χ4n) is 4.03. The van der Waals surface area contributed by atoms with Gasteiger partial charge in [0.15, 0.2) is 0 Å². The molecule has 9 nitrogen and oxygen atoms in total. The van der Waals surface area contributed by atoms with E-state index in [1.165, 1.54) is 13.2 Å². The number of carbonyl (C=O) groups excluding carboxylic acids is 1. The molecule has 1 atom stereocenters. The number of hydrogen-bond acceptors (Lipinski definition) is 7. The highest BCUT2D eigenvalue weighted by atomic mass is 19.3. The molecule has 2 aliphatic rings. The molecule has 2 fully saturated rings. The smallest absolute Gasteiger partial charge is 0.387 e. The highest BCUT2D eigenvalue weighted by molar-refractivity contribution is 6.01. The molecule has 1 aromatic carbocycles. The van der Waals surface area contributed by atoms with E-state index in [2.05, 4.69) is 10.3 Å². The van der Waals surface area contributed by atoms with E-state index in [1.807, 2.05) is 0 Å². The average Bonchev–Trinajstić information content (AvgIpc) is 3.37. The van der Waals surface area contributed by atoms with Crippen LogP contribution in [-0.2, 0) is 4.74 Å². The van der Waals surface area contributed by atoms with Crippen molar-refractivity contribution in [3.63, 3.8) is 0 Å². The quantitative estimate of drug-likeness (QED) is 0.477. The maximum absolute atomic E-state index is 13.2. The van der Waals surface area contributed by atoms with Crippen LogP contribution in [0.5, 0.6) is 17.2 Å². The molecule has 0 bridgehead atoms. The van der Waals surface area contributed by atoms with Gasteiger partial charge in [0.2, 0.25) is 0 Å². The predicted molar refractivity (Wildman–Crippen MR) is 122 cm³/mol. The van der Waals surface area contributed by atoms with Crippen molar-refractivity contribution in [2.24, 2.45) is 5.73 Å². The number of rotatable bonds is 9. The average molecular weight is 488 g/mol. The van der Waals surface area contributed by atoms with Crippen LogP contribution in [0.3, 0.4) is 0 Å². The first-order chi connectivity index (χ1) is 16.8. The van der Waals surface area contributed by atoms with Crippen molar-refractivity contribution in [1.29, 1.82) is 0 Å². The lowest BCUT2D eigenvalue weighted by molar-refractivity contribution is -0.0502. The third kappa shape index (κ3) is 5.01. The Morgan fingerprint density at radius 1 is 1.34 bits per heavy atom. The molecule has 186 valence electrons. The molecular formula is C24H26F2N4O5. The minimum absolute atomic E-state index is 0.0387. The molecule has 11 heteroatoms. The topological polar surface area (TPSA) is 109 Å². The second kappa shape index (κ2) is 9.31. The number of aromatic nitrogens is 2. The van der Waals surface area contributed by atoms with Crippen LogP contribution in [0.1, 0.15) is 29.6 Å². The third-order valence-corrected chi connectivity index (χ3v) is 6.08. The number of carbonyl (C=O) groups is 1. The normalized spacial score (nSPS) is 19.8. The van der Waals surface area contributed by atoms with Crippen molar-refractivity contribution in [3.05, 3.63) is 42.2 Å². The molecular weight excluding hydrogens is 462 g/mol. The number of ether oxygens (including phenoxy) is 4. The molecule has 2 aromatic heterocycles. The van der Waals surface area contributed by atoms with Crippen molar-refractivity contribution in [3.8, 4) is 28.5 Å². The number of nitrogens with two attached hydrogens (primary N) is 1. The molecule has 1 saturated carbocycles. The molecule has 5 rings (SSSR count). The summed E-state index contributed by atoms with van der Waals surface area (Å²) in [5.74, 6) is -0.0674. The lowest BCUT2D eigenvalue weighted by Crippen LogP contribution is -2.46. The number of nitrogens with zero attached hydrogens (tertiary/aromatic N) is 2. The molecule has 3 heterocycles. The van der Waals surface area contributed by atoms with E-state index in [-0.39, 0.29) is 23.1 Å². The monoisotopic (exact) mass is 488 g/mol. The van der Waals surface area contributed by atoms with Gasteiger partial charge in [-0.2, -0.15) is 8.78 Å². The molecule has 1 amide bonds. The highest BCUT2D eigenvalue weighted by Crippen LogP contribution is 2.37. The number of halogens is 2. The van der Waals surface area contributed by atoms with Crippen LogP contribution in [0.15, 0.2) is 36.7 Å². The van der Waals surface area contributed by atoms with E-state index in [4.69, 9.17) is 24.7 Å². The summed E-state index contributed by atoms with van der Waals surface area (Å²) in [5, 5.41) is 2.79. The summed E-state index contributed by atoms with van der Waals surface area (Å²) < 4.78 is 49.5. The number of amides is 1. The van der Waals surface area contributed by atoms with Gasteiger partial charge in [0, 0.05) is 30.5 Å². The van der Waals surface area contributed by atoms with Gasteiger partial charge in [0.25, 0.3) is 5.91 Å². The van der Waals surface area contributed by atoms with Gasteiger partial charge >= 0.3 is 6.61 Å². The Kier molecular flexibility index (Phi) is 6.20. The van der Waals surface area contributed by atoms with Gasteiger partial charge < -0.3 is 30.0 Å². The standard InChI is InChI=1S/C24H26F2N4O5/c1-32-18-8-14(9-19(35-23(25)26)21(18)22(31)29-15-2-3-15)17-11-28-20-10-16(4-6-30(17)20)34-13-24(27)5-7-33-12-24/h4,6,8-11,15,23H,2-3,5,7,12-13,27H2,1H3,(H,29,31). The zero-order chi connectivity index (χ0) is 24.6. The Morgan fingerprint density at radius 3 is 2.83 bits per heavy atom. The molecule has 0 spiro atoms. The Balaban J connectivity index is 1.46. The molecule has 3 N–H and O–H groups in total. The fraction of sp³-hybridized carbons (Fsp3) is 0.417. The Labute approximate surface area is 200 Å². The van der Waals surface area contributed by atoms with Gasteiger partial charge in [-0.15, -0.1) is 0 Å². The van der Waals surface area contributed by atoms with Gasteiger partial charge in [-0.3, -0.25) is 9.20 Å². The second-order valence-electron chi connectivity index (χ2n) is 8.87. The maximum atomic E-state index is 13.2. The minimum Gasteiger partial charge on any atom is -0.496 e. The Bertz CT molecular complexity index is 1240. The summed E-state index contributed by atoms with van der Waals surface area (Å²) >= 11 is 0. The number of benzene rings is 1. The number of methoxy groups -OCH3 is 1. The van der Waals surface area contributed by atoms with Gasteiger partial charge in [-0.25, -0.2) is 4.98 Å². The van der Waals surface area contributed by atoms with Crippen LogP contribution < -0.4 is 25.3 Å². The zero-order valence-electron chi connectivity index (χ0n) is 19.1. The number of hydrogen-bond donors (Lipinski definition) is 2. The summed E-state index contributed by atoms with van der Waals surface area (Å²) in [6.07, 6.45) is 5.78. The van der Waals surface area contributed by atoms with Crippen molar-refractivity contribution >= 4 is 11.6 Å². The van der Waals surface area contributed by atoms with E-state index in [9.17, 15) is 13.6 Å². The fourth-order valence-corrected chi connectivity index (χ4v) is 4.03. The third-order valence-electron chi connectivity index (χ3n) is 6.08. The van der Waals surface area contributed by atoms with Crippen LogP contribution in [0.2, 0.25) is 0 Å². The molecule has 3 aromatic rings. The minimum atomic E-state index is -3.11. The lowest BCUT2D eigenvalue weighted by Gasteiger charge is -2.21. The van der Waals surface area contributed by atoms with Crippen molar-refractivity contribution < 1.29 is 32.5 Å². The predicted octanol–water partition coefficient (Wildman–Crippen LogP) is 3.00. The number of nitrogens with one attached hydrogen (secondary N) is 1. The SMILES string of the molecule is COc1cc(-c2cnc3cc(OCC4(N)CCOC4)ccn23)cc(OC(F)F)c1C(=O)NC1CC1. The number of pyridine rings is 1. The van der Waals surface area contributed by atoms with Crippen LogP contribution in [0, 0.1) is 0 Å². The van der Waals surface area contributed by atoms with Gasteiger partial charge in [-0.05, 0) is 37.5 Å². The molecule has 1 aliphatic heterocycles. The summed E-state index contributed by atoms with van der Waals surface area (Å²) in [6.45, 7) is -1.74. The Morgan fingerprint density at radius 2 is 2.14 bits per heavy atom. The van der Waals surface area contributed by atoms with Crippen LogP contribution >= 0.6 is 0 Å². The first-order valence-electron chi connectivity index (χ1n) is 11.3. The lowest BCUT2D eigenvalue weighted by atomic mass is 10.0. The first kappa shape index (κ1) is 23.3. The van der Waals surface area contributed by atoms with E-state index < -0.39 is 18.1 Å². The van der Waals surface area contributed by atoms with Gasteiger partial charge in [-0.1, -0.05) is 0 Å². The van der Waals surface area contributed by atoms with Crippen LogP contribution in [0.4, 0.5) is 8.78 Å². The molecule has 1 unspecified atom stereocenters. The number of fused-ring (bicyclic) bond motifs is 1. The van der Waals surface area contributed by atoms with E-state index in [0.717, 1.165) is 19.3 Å². The molecule has 1 aliphatic carbocycles. The first-order valence-corrected chi connectivity index (χ1v) is 11.3. The highest BCUT2D eigenvalue weighted by Gasteiger charge is 2.32. The second-order valence-corrected chi connectivity index (χ2v) is 8.87. The molecule has 35 heavy (non-hydrogen) atoms. The Hall–Kier alpha value is -3.44. The van der Waals surface area contributed by atoms with Gasteiger partial charge in [0.1, 0.15) is 35.1 Å². The zero-order valence-corrected chi connectivity index (χ0v) is 19.1. The largest absolute Gasteiger partial charge is 0.496 e. The molecule has 0 radical (unpaired) electrons. The van der Waals surface area contributed by atoms with Gasteiger partial charge in [0.05, 0.1) is 31.1 Å². The van der Waals surface area contributed by atoms with E-state index in [1.54, 1.807) is 35.0 Å². The van der Waals surface area contributed by atoms with E-state index in [0.29, 0.717) is 42.5 Å². The number of alkyl halides is 2. The molecule has 1 saturated heterocycles. The summed E-state index contributed by atoms with van der Waals surface area (Å²) in [4.78, 5) is 17.2. The van der Waals surface area contributed by atoms with Crippen LogP contribution in [-0.4, -0.2) is 60.4 Å². The maximum Gasteiger partial charge on any atom is 0.387 e. The van der Waals surface area contributed by atoms with E-state index >= 15 is 0 Å². The summed E-state index contributed by atoms with van der Waals surface area (Å²) in [5.41, 5.74) is 7.34. The van der Waals surface area contributed by atoms with Crippen molar-refractivity contribution in [2.45, 2.75) is 37.5 Å². The van der Waals surface area contributed by atoms with Crippen molar-refractivity contribution in [2.75, 3.05) is 26.9 Å².